The van der Waals surface area contributed by atoms with Crippen molar-refractivity contribution >= 4 is 18.5 Å². The number of thiol groups is 1. The first kappa shape index (κ1) is 10.9. The van der Waals surface area contributed by atoms with Crippen molar-refractivity contribution in [1.29, 1.82) is 0 Å². The number of nitrogens with zero attached hydrogens (tertiary/aromatic N) is 1. The standard InChI is InChI=1S/C9H17NO2S/c1-2-12-4-3-10-6-8(7-13)5-9(10)11/h8,13H,2-7H2,1H3. The summed E-state index contributed by atoms with van der Waals surface area (Å²) in [4.78, 5) is 13.2. The molecule has 1 saturated heterocycles. The van der Waals surface area contributed by atoms with Crippen LogP contribution in [0.2, 0.25) is 0 Å². The number of amides is 1. The highest BCUT2D eigenvalue weighted by Crippen LogP contribution is 2.17. The maximum Gasteiger partial charge on any atom is 0.223 e. The molecule has 0 bridgehead atoms. The SMILES string of the molecule is CCOCCN1CC(CS)CC1=O. The van der Waals surface area contributed by atoms with Crippen LogP contribution < -0.4 is 0 Å². The smallest absolute Gasteiger partial charge is 0.223 e. The van der Waals surface area contributed by atoms with E-state index < -0.39 is 0 Å². The van der Waals surface area contributed by atoms with E-state index in [-0.39, 0.29) is 5.91 Å². The molecule has 0 aromatic heterocycles. The Kier molecular flexibility index (Phi) is 4.59. The van der Waals surface area contributed by atoms with Gasteiger partial charge >= 0.3 is 0 Å². The maximum atomic E-state index is 11.4. The topological polar surface area (TPSA) is 29.5 Å². The van der Waals surface area contributed by atoms with E-state index in [9.17, 15) is 4.79 Å². The molecule has 4 heteroatoms. The number of ether oxygens (including phenoxy) is 1. The second kappa shape index (κ2) is 5.50. The molecule has 1 aliphatic rings. The van der Waals surface area contributed by atoms with Crippen LogP contribution in [0.15, 0.2) is 0 Å². The highest BCUT2D eigenvalue weighted by atomic mass is 32.1. The fourth-order valence-electron chi connectivity index (χ4n) is 1.51. The molecule has 3 nitrogen and oxygen atoms in total. The predicted octanol–water partition coefficient (Wildman–Crippen LogP) is 0.801. The summed E-state index contributed by atoms with van der Waals surface area (Å²) >= 11 is 4.20. The van der Waals surface area contributed by atoms with Gasteiger partial charge in [0.2, 0.25) is 5.91 Å². The van der Waals surface area contributed by atoms with E-state index in [1.165, 1.54) is 0 Å². The van der Waals surface area contributed by atoms with Crippen molar-refractivity contribution in [1.82, 2.24) is 4.90 Å². The predicted molar refractivity (Wildman–Crippen MR) is 55.0 cm³/mol. The van der Waals surface area contributed by atoms with Crippen molar-refractivity contribution < 1.29 is 9.53 Å². The maximum absolute atomic E-state index is 11.4. The molecule has 76 valence electrons. The van der Waals surface area contributed by atoms with Crippen LogP contribution in [0.25, 0.3) is 0 Å². The molecular formula is C9H17NO2S. The fraction of sp³-hybridized carbons (Fsp3) is 0.889. The number of carbonyl (C=O) groups excluding carboxylic acids is 1. The molecule has 1 unspecified atom stereocenters. The molecule has 0 spiro atoms. The first-order valence-electron chi connectivity index (χ1n) is 4.74. The van der Waals surface area contributed by atoms with Gasteiger partial charge in [-0.05, 0) is 18.6 Å². The van der Waals surface area contributed by atoms with Crippen molar-refractivity contribution in [2.24, 2.45) is 5.92 Å². The van der Waals surface area contributed by atoms with Crippen LogP contribution in [0.4, 0.5) is 0 Å². The molecule has 0 aromatic carbocycles. The van der Waals surface area contributed by atoms with Crippen LogP contribution in [0.5, 0.6) is 0 Å². The molecule has 0 aliphatic carbocycles. The minimum absolute atomic E-state index is 0.249. The van der Waals surface area contributed by atoms with Crippen molar-refractivity contribution in [3.63, 3.8) is 0 Å². The first-order valence-corrected chi connectivity index (χ1v) is 5.37. The highest BCUT2D eigenvalue weighted by Gasteiger charge is 2.27. The lowest BCUT2D eigenvalue weighted by Gasteiger charge is -2.15. The van der Waals surface area contributed by atoms with Gasteiger partial charge in [-0.25, -0.2) is 0 Å². The van der Waals surface area contributed by atoms with Crippen molar-refractivity contribution in [2.45, 2.75) is 13.3 Å². The van der Waals surface area contributed by atoms with E-state index in [0.29, 0.717) is 18.9 Å². The molecule has 0 N–H and O–H groups in total. The van der Waals surface area contributed by atoms with Gasteiger partial charge in [-0.15, -0.1) is 0 Å². The summed E-state index contributed by atoms with van der Waals surface area (Å²) in [5.74, 6) is 1.49. The van der Waals surface area contributed by atoms with Crippen LogP contribution in [0.3, 0.4) is 0 Å². The van der Waals surface area contributed by atoms with Crippen LogP contribution in [0, 0.1) is 5.92 Å². The fourth-order valence-corrected chi connectivity index (χ4v) is 1.76. The number of likely N-dealkylation sites (tertiary alicyclic amines) is 1. The van der Waals surface area contributed by atoms with E-state index in [1.807, 2.05) is 11.8 Å². The summed E-state index contributed by atoms with van der Waals surface area (Å²) in [6, 6.07) is 0. The molecule has 1 aliphatic heterocycles. The summed E-state index contributed by atoms with van der Waals surface area (Å²) in [6.07, 6.45) is 0.662. The molecule has 0 radical (unpaired) electrons. The molecule has 1 rings (SSSR count). The number of rotatable bonds is 5. The first-order chi connectivity index (χ1) is 6.27. The van der Waals surface area contributed by atoms with Gasteiger partial charge in [0.15, 0.2) is 0 Å². The summed E-state index contributed by atoms with van der Waals surface area (Å²) in [5, 5.41) is 0. The molecule has 1 heterocycles. The molecule has 1 amide bonds. The van der Waals surface area contributed by atoms with Crippen molar-refractivity contribution in [3.8, 4) is 0 Å². The van der Waals surface area contributed by atoms with Gasteiger partial charge in [-0.1, -0.05) is 0 Å². The zero-order valence-electron chi connectivity index (χ0n) is 8.03. The van der Waals surface area contributed by atoms with Gasteiger partial charge in [-0.2, -0.15) is 12.6 Å². The van der Waals surface area contributed by atoms with E-state index in [0.717, 1.165) is 25.4 Å². The monoisotopic (exact) mass is 203 g/mol. The Hall–Kier alpha value is -0.220. The lowest BCUT2D eigenvalue weighted by Crippen LogP contribution is -2.29. The largest absolute Gasteiger partial charge is 0.380 e. The van der Waals surface area contributed by atoms with Crippen LogP contribution in [0.1, 0.15) is 13.3 Å². The molecule has 1 atom stereocenters. The quantitative estimate of drug-likeness (QED) is 0.529. The third kappa shape index (κ3) is 3.19. The number of carbonyl (C=O) groups is 1. The average molecular weight is 203 g/mol. The van der Waals surface area contributed by atoms with Crippen LogP contribution in [-0.2, 0) is 9.53 Å². The van der Waals surface area contributed by atoms with Gasteiger partial charge in [-0.3, -0.25) is 4.79 Å². The number of hydrogen-bond donors (Lipinski definition) is 1. The lowest BCUT2D eigenvalue weighted by atomic mass is 10.1. The molecule has 0 saturated carbocycles. The molecule has 0 aromatic rings. The minimum Gasteiger partial charge on any atom is -0.380 e. The van der Waals surface area contributed by atoms with E-state index in [1.54, 1.807) is 0 Å². The summed E-state index contributed by atoms with van der Waals surface area (Å²) in [6.45, 7) is 4.92. The Labute approximate surface area is 84.8 Å². The summed E-state index contributed by atoms with van der Waals surface area (Å²) in [7, 11) is 0. The van der Waals surface area contributed by atoms with Gasteiger partial charge in [0.25, 0.3) is 0 Å². The second-order valence-electron chi connectivity index (χ2n) is 3.29. The summed E-state index contributed by atoms with van der Waals surface area (Å²) < 4.78 is 5.20. The lowest BCUT2D eigenvalue weighted by molar-refractivity contribution is -0.128. The Morgan fingerprint density at radius 1 is 1.69 bits per heavy atom. The Bertz CT molecular complexity index is 175. The highest BCUT2D eigenvalue weighted by molar-refractivity contribution is 7.80. The summed E-state index contributed by atoms with van der Waals surface area (Å²) in [5.41, 5.74) is 0. The van der Waals surface area contributed by atoms with E-state index in [2.05, 4.69) is 12.6 Å². The van der Waals surface area contributed by atoms with Crippen molar-refractivity contribution in [2.75, 3.05) is 32.1 Å². The Balaban J connectivity index is 2.23. The molecule has 13 heavy (non-hydrogen) atoms. The third-order valence-electron chi connectivity index (χ3n) is 2.26. The van der Waals surface area contributed by atoms with E-state index in [4.69, 9.17) is 4.74 Å². The van der Waals surface area contributed by atoms with E-state index >= 15 is 0 Å². The Morgan fingerprint density at radius 3 is 3.00 bits per heavy atom. The third-order valence-corrected chi connectivity index (χ3v) is 2.78. The van der Waals surface area contributed by atoms with Gasteiger partial charge in [0.1, 0.15) is 0 Å². The van der Waals surface area contributed by atoms with Gasteiger partial charge in [0, 0.05) is 26.1 Å². The van der Waals surface area contributed by atoms with Crippen molar-refractivity contribution in [3.05, 3.63) is 0 Å². The van der Waals surface area contributed by atoms with Gasteiger partial charge < -0.3 is 9.64 Å². The molecular weight excluding hydrogens is 186 g/mol. The second-order valence-corrected chi connectivity index (χ2v) is 3.65. The number of hydrogen-bond acceptors (Lipinski definition) is 3. The van der Waals surface area contributed by atoms with Crippen LogP contribution >= 0.6 is 12.6 Å². The molecule has 1 fully saturated rings. The normalized spacial score (nSPS) is 22.8. The zero-order valence-corrected chi connectivity index (χ0v) is 8.93. The Morgan fingerprint density at radius 2 is 2.46 bits per heavy atom. The average Bonchev–Trinajstić information content (AvgIpc) is 2.48. The zero-order chi connectivity index (χ0) is 9.68. The van der Waals surface area contributed by atoms with Gasteiger partial charge in [0.05, 0.1) is 6.61 Å². The minimum atomic E-state index is 0.249. The van der Waals surface area contributed by atoms with Crippen LogP contribution in [-0.4, -0.2) is 42.9 Å².